The summed E-state index contributed by atoms with van der Waals surface area (Å²) in [4.78, 5) is 26.0. The topological polar surface area (TPSA) is 88.5 Å². The molecule has 0 saturated heterocycles. The van der Waals surface area contributed by atoms with Crippen molar-refractivity contribution >= 4 is 17.6 Å². The van der Waals surface area contributed by atoms with Gasteiger partial charge in [-0.3, -0.25) is 4.79 Å². The van der Waals surface area contributed by atoms with Crippen LogP contribution in [0.2, 0.25) is 0 Å². The molecule has 0 spiro atoms. The van der Waals surface area contributed by atoms with Gasteiger partial charge in [-0.05, 0) is 36.4 Å². The summed E-state index contributed by atoms with van der Waals surface area (Å²) in [6.45, 7) is -0.281. The summed E-state index contributed by atoms with van der Waals surface area (Å²) < 4.78 is 17.8. The lowest BCUT2D eigenvalue weighted by Crippen LogP contribution is -2.20. The molecule has 0 radical (unpaired) electrons. The molecule has 0 unspecified atom stereocenters. The highest BCUT2D eigenvalue weighted by molar-refractivity contribution is 5.93. The van der Waals surface area contributed by atoms with E-state index in [9.17, 15) is 14.0 Å². The van der Waals surface area contributed by atoms with Gasteiger partial charge in [0.2, 0.25) is 0 Å². The Morgan fingerprint density at radius 3 is 2.62 bits per heavy atom. The zero-order valence-corrected chi connectivity index (χ0v) is 10.7. The first kappa shape index (κ1) is 14.4. The normalized spacial score (nSPS) is 9.95. The Hall–Kier alpha value is -2.96. The van der Waals surface area contributed by atoms with Gasteiger partial charge in [0.05, 0.1) is 0 Å². The number of aromatic carboxylic acids is 1. The molecule has 0 aliphatic rings. The van der Waals surface area contributed by atoms with Gasteiger partial charge in [0.15, 0.2) is 6.61 Å². The first-order chi connectivity index (χ1) is 10.0. The van der Waals surface area contributed by atoms with Crippen LogP contribution in [0.5, 0.6) is 5.75 Å². The Morgan fingerprint density at radius 1 is 1.24 bits per heavy atom. The number of anilines is 1. The standard InChI is InChI=1S/C14H11FN2O4/c15-9-1-3-11(4-2-9)21-8-13(18)17-10-5-6-16-12(7-10)14(19)20/h1-7H,8H2,(H,19,20)(H,16,17,18). The number of aromatic nitrogens is 1. The van der Waals surface area contributed by atoms with Gasteiger partial charge in [-0.2, -0.15) is 0 Å². The number of carbonyl (C=O) groups is 2. The highest BCUT2D eigenvalue weighted by atomic mass is 19.1. The predicted molar refractivity (Wildman–Crippen MR) is 71.7 cm³/mol. The van der Waals surface area contributed by atoms with E-state index in [-0.39, 0.29) is 12.3 Å². The first-order valence-corrected chi connectivity index (χ1v) is 5.92. The minimum Gasteiger partial charge on any atom is -0.484 e. The van der Waals surface area contributed by atoms with E-state index in [0.717, 1.165) is 0 Å². The fourth-order valence-corrected chi connectivity index (χ4v) is 1.50. The molecule has 108 valence electrons. The summed E-state index contributed by atoms with van der Waals surface area (Å²) >= 11 is 0. The lowest BCUT2D eigenvalue weighted by Gasteiger charge is -2.07. The molecular formula is C14H11FN2O4. The zero-order valence-electron chi connectivity index (χ0n) is 10.7. The largest absolute Gasteiger partial charge is 0.484 e. The second kappa shape index (κ2) is 6.47. The van der Waals surface area contributed by atoms with E-state index in [0.29, 0.717) is 11.4 Å². The van der Waals surface area contributed by atoms with Crippen molar-refractivity contribution in [1.82, 2.24) is 4.98 Å². The second-order valence-electron chi connectivity index (χ2n) is 4.03. The van der Waals surface area contributed by atoms with Crippen LogP contribution in [0.1, 0.15) is 10.5 Å². The van der Waals surface area contributed by atoms with Gasteiger partial charge in [0, 0.05) is 11.9 Å². The fraction of sp³-hybridized carbons (Fsp3) is 0.0714. The van der Waals surface area contributed by atoms with Crippen molar-refractivity contribution in [3.63, 3.8) is 0 Å². The van der Waals surface area contributed by atoms with Crippen molar-refractivity contribution in [3.05, 3.63) is 54.1 Å². The van der Waals surface area contributed by atoms with Gasteiger partial charge in [0.25, 0.3) is 5.91 Å². The number of ether oxygens (including phenoxy) is 1. The van der Waals surface area contributed by atoms with E-state index in [2.05, 4.69) is 10.3 Å². The summed E-state index contributed by atoms with van der Waals surface area (Å²) in [5.41, 5.74) is 0.127. The molecule has 1 aromatic carbocycles. The summed E-state index contributed by atoms with van der Waals surface area (Å²) in [5.74, 6) is -1.70. The van der Waals surface area contributed by atoms with Crippen LogP contribution >= 0.6 is 0 Å². The van der Waals surface area contributed by atoms with Crippen LogP contribution in [0.3, 0.4) is 0 Å². The van der Waals surface area contributed by atoms with Gasteiger partial charge in [0.1, 0.15) is 17.3 Å². The van der Waals surface area contributed by atoms with Crippen LogP contribution < -0.4 is 10.1 Å². The number of amides is 1. The summed E-state index contributed by atoms with van der Waals surface area (Å²) in [7, 11) is 0. The maximum Gasteiger partial charge on any atom is 0.354 e. The Bertz CT molecular complexity index is 658. The third kappa shape index (κ3) is 4.27. The average Bonchev–Trinajstić information content (AvgIpc) is 2.47. The van der Waals surface area contributed by atoms with Crippen LogP contribution in [0, 0.1) is 5.82 Å². The molecule has 0 aliphatic heterocycles. The number of carbonyl (C=O) groups excluding carboxylic acids is 1. The predicted octanol–water partition coefficient (Wildman–Crippen LogP) is 1.94. The van der Waals surface area contributed by atoms with E-state index in [1.54, 1.807) is 0 Å². The second-order valence-corrected chi connectivity index (χ2v) is 4.03. The Kier molecular flexibility index (Phi) is 4.45. The molecule has 0 fully saturated rings. The van der Waals surface area contributed by atoms with Gasteiger partial charge in [-0.25, -0.2) is 14.2 Å². The van der Waals surface area contributed by atoms with Crippen molar-refractivity contribution in [2.75, 3.05) is 11.9 Å². The van der Waals surface area contributed by atoms with E-state index in [4.69, 9.17) is 9.84 Å². The minimum absolute atomic E-state index is 0.174. The number of hydrogen-bond donors (Lipinski definition) is 2. The quantitative estimate of drug-likeness (QED) is 0.878. The van der Waals surface area contributed by atoms with Crippen molar-refractivity contribution in [2.45, 2.75) is 0 Å². The number of hydrogen-bond acceptors (Lipinski definition) is 4. The Labute approximate surface area is 119 Å². The van der Waals surface area contributed by atoms with Crippen molar-refractivity contribution in [3.8, 4) is 5.75 Å². The Morgan fingerprint density at radius 2 is 1.95 bits per heavy atom. The molecule has 6 nitrogen and oxygen atoms in total. The van der Waals surface area contributed by atoms with Crippen LogP contribution in [-0.2, 0) is 4.79 Å². The molecule has 0 bridgehead atoms. The van der Waals surface area contributed by atoms with Gasteiger partial charge in [-0.15, -0.1) is 0 Å². The van der Waals surface area contributed by atoms with E-state index < -0.39 is 17.7 Å². The van der Waals surface area contributed by atoms with Gasteiger partial charge in [-0.1, -0.05) is 0 Å². The van der Waals surface area contributed by atoms with E-state index in [1.807, 2.05) is 0 Å². The van der Waals surface area contributed by atoms with Gasteiger partial charge >= 0.3 is 5.97 Å². The number of carboxylic acid groups (broad SMARTS) is 1. The molecule has 0 aliphatic carbocycles. The molecule has 2 rings (SSSR count). The number of carboxylic acids is 1. The van der Waals surface area contributed by atoms with Crippen LogP contribution in [0.25, 0.3) is 0 Å². The summed E-state index contributed by atoms with van der Waals surface area (Å²) in [5, 5.41) is 11.3. The molecule has 1 amide bonds. The maximum absolute atomic E-state index is 12.7. The van der Waals surface area contributed by atoms with Gasteiger partial charge < -0.3 is 15.2 Å². The molecule has 21 heavy (non-hydrogen) atoms. The number of rotatable bonds is 5. The number of nitrogens with zero attached hydrogens (tertiary/aromatic N) is 1. The van der Waals surface area contributed by atoms with Crippen LogP contribution in [0.4, 0.5) is 10.1 Å². The minimum atomic E-state index is -1.19. The lowest BCUT2D eigenvalue weighted by molar-refractivity contribution is -0.118. The number of nitrogens with one attached hydrogen (secondary N) is 1. The van der Waals surface area contributed by atoms with Crippen molar-refractivity contribution < 1.29 is 23.8 Å². The van der Waals surface area contributed by atoms with E-state index in [1.165, 1.54) is 42.6 Å². The molecule has 2 N–H and O–H groups in total. The average molecular weight is 290 g/mol. The number of pyridine rings is 1. The maximum atomic E-state index is 12.7. The molecule has 0 saturated carbocycles. The summed E-state index contributed by atoms with van der Waals surface area (Å²) in [6, 6.07) is 7.93. The van der Waals surface area contributed by atoms with Crippen molar-refractivity contribution in [1.29, 1.82) is 0 Å². The molecule has 1 aromatic heterocycles. The monoisotopic (exact) mass is 290 g/mol. The molecule has 2 aromatic rings. The molecule has 0 atom stereocenters. The van der Waals surface area contributed by atoms with Crippen LogP contribution in [-0.4, -0.2) is 28.6 Å². The SMILES string of the molecule is O=C(COc1ccc(F)cc1)Nc1ccnc(C(=O)O)c1. The molecule has 1 heterocycles. The third-order valence-electron chi connectivity index (χ3n) is 2.45. The molecular weight excluding hydrogens is 279 g/mol. The highest BCUT2D eigenvalue weighted by Gasteiger charge is 2.08. The van der Waals surface area contributed by atoms with E-state index >= 15 is 0 Å². The lowest BCUT2D eigenvalue weighted by atomic mass is 10.3. The fourth-order valence-electron chi connectivity index (χ4n) is 1.50. The highest BCUT2D eigenvalue weighted by Crippen LogP contribution is 2.12. The zero-order chi connectivity index (χ0) is 15.2. The number of halogens is 1. The van der Waals surface area contributed by atoms with Crippen molar-refractivity contribution in [2.24, 2.45) is 0 Å². The molecule has 7 heteroatoms. The van der Waals surface area contributed by atoms with Crippen LogP contribution in [0.15, 0.2) is 42.6 Å². The first-order valence-electron chi connectivity index (χ1n) is 5.92. The Balaban J connectivity index is 1.91. The number of benzene rings is 1. The third-order valence-corrected chi connectivity index (χ3v) is 2.45. The smallest absolute Gasteiger partial charge is 0.354 e. The summed E-state index contributed by atoms with van der Waals surface area (Å²) in [6.07, 6.45) is 1.28.